The average molecular weight is 313 g/mol. The monoisotopic (exact) mass is 313 g/mol. The van der Waals surface area contributed by atoms with E-state index in [9.17, 15) is 4.79 Å². The summed E-state index contributed by atoms with van der Waals surface area (Å²) in [6.45, 7) is 3.11. The van der Waals surface area contributed by atoms with Crippen molar-refractivity contribution >= 4 is 17.4 Å². The number of anilines is 2. The van der Waals surface area contributed by atoms with Crippen LogP contribution in [0.5, 0.6) is 5.75 Å². The normalized spacial score (nSPS) is 14.4. The van der Waals surface area contributed by atoms with Crippen LogP contribution in [0.15, 0.2) is 42.6 Å². The molecule has 0 atom stereocenters. The van der Waals surface area contributed by atoms with Crippen LogP contribution in [0.2, 0.25) is 0 Å². The third-order valence-electron chi connectivity index (χ3n) is 3.67. The lowest BCUT2D eigenvalue weighted by atomic mass is 10.2. The summed E-state index contributed by atoms with van der Waals surface area (Å²) in [7, 11) is 1.57. The summed E-state index contributed by atoms with van der Waals surface area (Å²) >= 11 is 0. The number of ether oxygens (including phenoxy) is 2. The Morgan fingerprint density at radius 3 is 2.78 bits per heavy atom. The van der Waals surface area contributed by atoms with Gasteiger partial charge in [-0.15, -0.1) is 0 Å². The largest absolute Gasteiger partial charge is 0.497 e. The molecule has 0 saturated carbocycles. The van der Waals surface area contributed by atoms with E-state index in [1.807, 2.05) is 12.1 Å². The van der Waals surface area contributed by atoms with Crippen LogP contribution in [-0.2, 0) is 4.74 Å². The maximum absolute atomic E-state index is 12.2. The van der Waals surface area contributed by atoms with Crippen LogP contribution in [0.1, 0.15) is 10.4 Å². The SMILES string of the molecule is COc1cccc(C(=O)Nc2ccc(N3CCOCC3)nc2)c1. The number of amides is 1. The van der Waals surface area contributed by atoms with E-state index >= 15 is 0 Å². The van der Waals surface area contributed by atoms with Crippen molar-refractivity contribution in [3.8, 4) is 5.75 Å². The van der Waals surface area contributed by atoms with Crippen molar-refractivity contribution in [3.63, 3.8) is 0 Å². The standard InChI is InChI=1S/C17H19N3O3/c1-22-15-4-2-3-13(11-15)17(21)19-14-5-6-16(18-12-14)20-7-9-23-10-8-20/h2-6,11-12H,7-10H2,1H3,(H,19,21). The molecule has 1 fully saturated rings. The Labute approximate surface area is 135 Å². The number of rotatable bonds is 4. The van der Waals surface area contributed by atoms with Gasteiger partial charge in [0.05, 0.1) is 32.2 Å². The summed E-state index contributed by atoms with van der Waals surface area (Å²) in [5, 5.41) is 2.84. The van der Waals surface area contributed by atoms with E-state index in [4.69, 9.17) is 9.47 Å². The lowest BCUT2D eigenvalue weighted by Gasteiger charge is -2.27. The molecular formula is C17H19N3O3. The predicted octanol–water partition coefficient (Wildman–Crippen LogP) is 2.18. The van der Waals surface area contributed by atoms with Gasteiger partial charge in [-0.3, -0.25) is 4.79 Å². The fourth-order valence-corrected chi connectivity index (χ4v) is 2.41. The van der Waals surface area contributed by atoms with Crippen LogP contribution in [-0.4, -0.2) is 44.3 Å². The van der Waals surface area contributed by atoms with Crippen LogP contribution in [0.4, 0.5) is 11.5 Å². The molecule has 3 rings (SSSR count). The highest BCUT2D eigenvalue weighted by Gasteiger charge is 2.12. The fraction of sp³-hybridized carbons (Fsp3) is 0.294. The summed E-state index contributed by atoms with van der Waals surface area (Å²) in [6.07, 6.45) is 1.67. The number of pyridine rings is 1. The second kappa shape index (κ2) is 7.11. The van der Waals surface area contributed by atoms with Crippen molar-refractivity contribution in [2.45, 2.75) is 0 Å². The highest BCUT2D eigenvalue weighted by atomic mass is 16.5. The van der Waals surface area contributed by atoms with E-state index < -0.39 is 0 Å². The van der Waals surface area contributed by atoms with Gasteiger partial charge in [-0.25, -0.2) is 4.98 Å². The molecular weight excluding hydrogens is 294 g/mol. The van der Waals surface area contributed by atoms with Crippen molar-refractivity contribution in [2.24, 2.45) is 0 Å². The van der Waals surface area contributed by atoms with Crippen molar-refractivity contribution in [2.75, 3.05) is 43.6 Å². The van der Waals surface area contributed by atoms with Crippen molar-refractivity contribution in [1.82, 2.24) is 4.98 Å². The quantitative estimate of drug-likeness (QED) is 0.937. The minimum Gasteiger partial charge on any atom is -0.497 e. The third kappa shape index (κ3) is 3.78. The summed E-state index contributed by atoms with van der Waals surface area (Å²) in [6, 6.07) is 10.8. The smallest absolute Gasteiger partial charge is 0.255 e. The van der Waals surface area contributed by atoms with Gasteiger partial charge in [0.1, 0.15) is 11.6 Å². The Kier molecular flexibility index (Phi) is 4.73. The number of carbonyl (C=O) groups is 1. The maximum Gasteiger partial charge on any atom is 0.255 e. The van der Waals surface area contributed by atoms with Gasteiger partial charge in [0.15, 0.2) is 0 Å². The van der Waals surface area contributed by atoms with Crippen LogP contribution in [0.3, 0.4) is 0 Å². The number of morpholine rings is 1. The highest BCUT2D eigenvalue weighted by Crippen LogP contribution is 2.17. The Morgan fingerprint density at radius 1 is 1.26 bits per heavy atom. The van der Waals surface area contributed by atoms with Gasteiger partial charge in [0, 0.05) is 18.7 Å². The molecule has 0 radical (unpaired) electrons. The molecule has 1 saturated heterocycles. The number of nitrogens with one attached hydrogen (secondary N) is 1. The number of hydrogen-bond acceptors (Lipinski definition) is 5. The molecule has 0 aliphatic carbocycles. The third-order valence-corrected chi connectivity index (χ3v) is 3.67. The molecule has 1 N–H and O–H groups in total. The zero-order valence-corrected chi connectivity index (χ0v) is 13.0. The van der Waals surface area contributed by atoms with Crippen LogP contribution < -0.4 is 15.0 Å². The zero-order chi connectivity index (χ0) is 16.1. The van der Waals surface area contributed by atoms with E-state index in [-0.39, 0.29) is 5.91 Å². The van der Waals surface area contributed by atoms with E-state index in [1.54, 1.807) is 37.6 Å². The molecule has 1 aliphatic rings. The molecule has 1 aromatic heterocycles. The molecule has 0 spiro atoms. The van der Waals surface area contributed by atoms with Gasteiger partial charge in [0.2, 0.25) is 0 Å². The van der Waals surface area contributed by atoms with Gasteiger partial charge >= 0.3 is 0 Å². The summed E-state index contributed by atoms with van der Waals surface area (Å²) in [4.78, 5) is 18.8. The number of carbonyl (C=O) groups excluding carboxylic acids is 1. The zero-order valence-electron chi connectivity index (χ0n) is 13.0. The molecule has 2 aromatic rings. The van der Waals surface area contributed by atoms with Crippen LogP contribution >= 0.6 is 0 Å². The molecule has 6 nitrogen and oxygen atoms in total. The minimum absolute atomic E-state index is 0.190. The van der Waals surface area contributed by atoms with Gasteiger partial charge in [0.25, 0.3) is 5.91 Å². The van der Waals surface area contributed by atoms with Gasteiger partial charge in [-0.05, 0) is 30.3 Å². The second-order valence-corrected chi connectivity index (χ2v) is 5.19. The summed E-state index contributed by atoms with van der Waals surface area (Å²) in [5.41, 5.74) is 1.21. The Morgan fingerprint density at radius 2 is 2.09 bits per heavy atom. The molecule has 1 aliphatic heterocycles. The molecule has 2 heterocycles. The van der Waals surface area contributed by atoms with Gasteiger partial charge in [-0.2, -0.15) is 0 Å². The minimum atomic E-state index is -0.190. The Balaban J connectivity index is 1.66. The number of benzene rings is 1. The Bertz CT molecular complexity index is 667. The van der Waals surface area contributed by atoms with E-state index in [0.717, 1.165) is 32.1 Å². The number of aromatic nitrogens is 1. The fourth-order valence-electron chi connectivity index (χ4n) is 2.41. The lowest BCUT2D eigenvalue weighted by Crippen LogP contribution is -2.36. The predicted molar refractivity (Wildman–Crippen MR) is 88.2 cm³/mol. The van der Waals surface area contributed by atoms with E-state index in [2.05, 4.69) is 15.2 Å². The number of methoxy groups -OCH3 is 1. The first-order chi connectivity index (χ1) is 11.3. The van der Waals surface area contributed by atoms with E-state index in [1.165, 1.54) is 0 Å². The number of nitrogens with zero attached hydrogens (tertiary/aromatic N) is 2. The molecule has 23 heavy (non-hydrogen) atoms. The first-order valence-electron chi connectivity index (χ1n) is 7.50. The second-order valence-electron chi connectivity index (χ2n) is 5.19. The van der Waals surface area contributed by atoms with Gasteiger partial charge < -0.3 is 19.7 Å². The van der Waals surface area contributed by atoms with E-state index in [0.29, 0.717) is 17.0 Å². The highest BCUT2D eigenvalue weighted by molar-refractivity contribution is 6.04. The Hall–Kier alpha value is -2.60. The lowest BCUT2D eigenvalue weighted by molar-refractivity contribution is 0.102. The van der Waals surface area contributed by atoms with Crippen molar-refractivity contribution in [3.05, 3.63) is 48.2 Å². The first-order valence-corrected chi connectivity index (χ1v) is 7.50. The molecule has 120 valence electrons. The van der Waals surface area contributed by atoms with Crippen molar-refractivity contribution < 1.29 is 14.3 Å². The molecule has 1 aromatic carbocycles. The molecule has 1 amide bonds. The maximum atomic E-state index is 12.2. The van der Waals surface area contributed by atoms with Crippen molar-refractivity contribution in [1.29, 1.82) is 0 Å². The first kappa shape index (κ1) is 15.3. The number of hydrogen-bond donors (Lipinski definition) is 1. The van der Waals surface area contributed by atoms with Gasteiger partial charge in [-0.1, -0.05) is 6.07 Å². The molecule has 6 heteroatoms. The summed E-state index contributed by atoms with van der Waals surface area (Å²) < 4.78 is 10.5. The molecule has 0 unspecified atom stereocenters. The topological polar surface area (TPSA) is 63.7 Å². The van der Waals surface area contributed by atoms with Crippen LogP contribution in [0, 0.1) is 0 Å². The summed E-state index contributed by atoms with van der Waals surface area (Å²) in [5.74, 6) is 1.36. The molecule has 0 bridgehead atoms. The van der Waals surface area contributed by atoms with Crippen LogP contribution in [0.25, 0.3) is 0 Å². The average Bonchev–Trinajstić information content (AvgIpc) is 2.63.